The fourth-order valence-corrected chi connectivity index (χ4v) is 3.88. The average molecular weight is 587 g/mol. The molecule has 3 aromatic rings. The number of benzene rings is 2. The van der Waals surface area contributed by atoms with Crippen LogP contribution in [-0.2, 0) is 17.5 Å². The van der Waals surface area contributed by atoms with Crippen molar-refractivity contribution in [1.82, 2.24) is 25.1 Å². The number of carbonyl (C=O) groups is 3. The lowest BCUT2D eigenvalue weighted by atomic mass is 10.1. The molecule has 4 rings (SSSR count). The summed E-state index contributed by atoms with van der Waals surface area (Å²) in [5, 5.41) is 7.92. The van der Waals surface area contributed by atoms with Crippen molar-refractivity contribution in [2.75, 3.05) is 33.0 Å². The van der Waals surface area contributed by atoms with Gasteiger partial charge in [0.05, 0.1) is 17.8 Å². The van der Waals surface area contributed by atoms with E-state index in [9.17, 15) is 36.3 Å². The van der Waals surface area contributed by atoms with Crippen LogP contribution in [0.1, 0.15) is 38.3 Å². The van der Waals surface area contributed by atoms with E-state index in [-0.39, 0.29) is 48.2 Å². The van der Waals surface area contributed by atoms with Crippen LogP contribution in [0.15, 0.2) is 42.5 Å². The van der Waals surface area contributed by atoms with Gasteiger partial charge in [-0.1, -0.05) is 11.6 Å². The Morgan fingerprint density at radius 2 is 1.75 bits per heavy atom. The van der Waals surface area contributed by atoms with Crippen LogP contribution < -0.4 is 16.0 Å². The highest BCUT2D eigenvalue weighted by Gasteiger charge is 2.36. The van der Waals surface area contributed by atoms with Crippen LogP contribution in [0.3, 0.4) is 0 Å². The van der Waals surface area contributed by atoms with Crippen molar-refractivity contribution in [2.45, 2.75) is 18.8 Å². The lowest BCUT2D eigenvalue weighted by molar-refractivity contribution is -0.137. The van der Waals surface area contributed by atoms with Crippen LogP contribution in [0.4, 0.5) is 27.8 Å². The van der Waals surface area contributed by atoms with Gasteiger partial charge in [-0.05, 0) is 56.6 Å². The van der Waals surface area contributed by atoms with E-state index < -0.39 is 41.0 Å². The Kier molecular flexibility index (Phi) is 9.48. The Bertz CT molecular complexity index is 1390. The number of hydrogen-bond donors (Lipinski definition) is 3. The quantitative estimate of drug-likeness (QED) is 0.394. The maximum atomic E-state index is 13.7. The number of carbonyl (C=O) groups excluding carboxylic acids is 3. The van der Waals surface area contributed by atoms with Crippen molar-refractivity contribution < 1.29 is 36.3 Å². The molecule has 1 aliphatic rings. The number of nitrogens with one attached hydrogen (secondary N) is 3. The predicted molar refractivity (Wildman–Crippen MR) is 136 cm³/mol. The summed E-state index contributed by atoms with van der Waals surface area (Å²) in [5.74, 6) is -3.83. The fraction of sp³-hybridized carbons (Fsp3) is 0.280. The highest BCUT2D eigenvalue weighted by Crippen LogP contribution is 2.31. The summed E-state index contributed by atoms with van der Waals surface area (Å²) in [5.41, 5.74) is -1.63. The normalized spacial score (nSPS) is 14.6. The number of amides is 3. The van der Waals surface area contributed by atoms with Crippen molar-refractivity contribution in [3.8, 4) is 0 Å². The average Bonchev–Trinajstić information content (AvgIpc) is 3.24. The molecule has 3 N–H and O–H groups in total. The Labute approximate surface area is 230 Å². The third kappa shape index (κ3) is 7.33. The minimum atomic E-state index is -4.85. The molecule has 2 heterocycles. The van der Waals surface area contributed by atoms with E-state index in [1.165, 1.54) is 35.9 Å². The van der Waals surface area contributed by atoms with Gasteiger partial charge >= 0.3 is 6.18 Å². The summed E-state index contributed by atoms with van der Waals surface area (Å²) in [6, 6.07) is 6.27. The van der Waals surface area contributed by atoms with Gasteiger partial charge in [-0.15, -0.1) is 0 Å². The van der Waals surface area contributed by atoms with E-state index >= 15 is 0 Å². The largest absolute Gasteiger partial charge is 0.416 e. The first-order chi connectivity index (χ1) is 18.7. The molecule has 1 aromatic heterocycles. The molecule has 0 bridgehead atoms. The van der Waals surface area contributed by atoms with Crippen LogP contribution in [0.25, 0.3) is 0 Å². The van der Waals surface area contributed by atoms with Crippen molar-refractivity contribution in [3.05, 3.63) is 81.8 Å². The number of aromatic nitrogens is 2. The molecule has 0 spiro atoms. The molecular weight excluding hydrogens is 563 g/mol. The number of alkyl halides is 3. The zero-order valence-electron chi connectivity index (χ0n) is 21.4. The summed E-state index contributed by atoms with van der Waals surface area (Å²) in [6.45, 7) is 0.130. The highest BCUT2D eigenvalue weighted by atomic mass is 35.5. The molecular formula is C25H24ClF5N6O3. The maximum absolute atomic E-state index is 13.7. The molecule has 2 aromatic carbocycles. The van der Waals surface area contributed by atoms with Crippen LogP contribution >= 0.6 is 11.6 Å². The summed E-state index contributed by atoms with van der Waals surface area (Å²) in [7, 11) is 4.81. The highest BCUT2D eigenvalue weighted by molar-refractivity contribution is 6.30. The Balaban J connectivity index is 0.000000472. The molecule has 0 saturated carbocycles. The molecule has 0 fully saturated rings. The zero-order valence-corrected chi connectivity index (χ0v) is 22.1. The molecule has 1 atom stereocenters. The second kappa shape index (κ2) is 12.4. The minimum Gasteiger partial charge on any atom is -0.352 e. The topological polar surface area (TPSA) is 108 Å². The van der Waals surface area contributed by atoms with Crippen LogP contribution in [0, 0.1) is 11.6 Å². The molecule has 3 amide bonds. The first kappa shape index (κ1) is 30.5. The number of anilines is 1. The third-order valence-electron chi connectivity index (χ3n) is 5.55. The van der Waals surface area contributed by atoms with Gasteiger partial charge < -0.3 is 25.4 Å². The Hall–Kier alpha value is -4.04. The standard InChI is InChI=1S/C19H20F4N6O3.C6H4ClF/c1-24-18(32)15-26-14(12-7-25-17(31)13(29(12)15)8-28(2)3)27-16(30)9-4-10(19(21,22)23)6-11(20)5-9;7-5-1-3-6(8)4-2-5/h4-6,13H,7-8H2,1-3H3,(H,24,32)(H,25,31)(H,27,30);1-4H. The maximum Gasteiger partial charge on any atom is 0.416 e. The van der Waals surface area contributed by atoms with Gasteiger partial charge in [-0.3, -0.25) is 14.4 Å². The summed E-state index contributed by atoms with van der Waals surface area (Å²) >= 11 is 5.44. The number of hydrogen-bond acceptors (Lipinski definition) is 5. The minimum absolute atomic E-state index is 0.0840. The predicted octanol–water partition coefficient (Wildman–Crippen LogP) is 3.86. The first-order valence-electron chi connectivity index (χ1n) is 11.6. The SMILES string of the molecule is CNC(=O)c1nc(NC(=O)c2cc(F)cc(C(F)(F)F)c2)c2n1C(CN(C)C)C(=O)NC2.Fc1ccc(Cl)cc1. The number of imidazole rings is 1. The van der Waals surface area contributed by atoms with Gasteiger partial charge in [-0.2, -0.15) is 13.2 Å². The molecule has 214 valence electrons. The Morgan fingerprint density at radius 3 is 2.30 bits per heavy atom. The monoisotopic (exact) mass is 586 g/mol. The van der Waals surface area contributed by atoms with Gasteiger partial charge in [-0.25, -0.2) is 13.8 Å². The van der Waals surface area contributed by atoms with Crippen LogP contribution in [0.5, 0.6) is 0 Å². The molecule has 1 unspecified atom stereocenters. The van der Waals surface area contributed by atoms with Crippen LogP contribution in [-0.4, -0.2) is 59.9 Å². The number of halogens is 6. The summed E-state index contributed by atoms with van der Waals surface area (Å²) < 4.78 is 66.0. The number of fused-ring (bicyclic) bond motifs is 1. The summed E-state index contributed by atoms with van der Waals surface area (Å²) in [4.78, 5) is 43.2. The van der Waals surface area contributed by atoms with E-state index in [0.29, 0.717) is 17.2 Å². The van der Waals surface area contributed by atoms with Crippen molar-refractivity contribution in [1.29, 1.82) is 0 Å². The molecule has 9 nitrogen and oxygen atoms in total. The number of rotatable bonds is 5. The molecule has 0 aliphatic carbocycles. The summed E-state index contributed by atoms with van der Waals surface area (Å²) in [6.07, 6.45) is -4.85. The molecule has 40 heavy (non-hydrogen) atoms. The van der Waals surface area contributed by atoms with Gasteiger partial charge in [0.25, 0.3) is 11.8 Å². The van der Waals surface area contributed by atoms with Crippen LogP contribution in [0.2, 0.25) is 5.02 Å². The van der Waals surface area contributed by atoms with E-state index in [4.69, 9.17) is 11.6 Å². The third-order valence-corrected chi connectivity index (χ3v) is 5.80. The van der Waals surface area contributed by atoms with Crippen molar-refractivity contribution in [2.24, 2.45) is 0 Å². The lowest BCUT2D eigenvalue weighted by Crippen LogP contribution is -2.44. The van der Waals surface area contributed by atoms with Gasteiger partial charge in [0.15, 0.2) is 5.82 Å². The van der Waals surface area contributed by atoms with E-state index in [1.807, 2.05) is 0 Å². The number of nitrogens with zero attached hydrogens (tertiary/aromatic N) is 3. The molecule has 1 aliphatic heterocycles. The zero-order chi connectivity index (χ0) is 29.8. The van der Waals surface area contributed by atoms with Crippen molar-refractivity contribution >= 4 is 35.1 Å². The van der Waals surface area contributed by atoms with E-state index in [0.717, 1.165) is 0 Å². The molecule has 0 saturated heterocycles. The van der Waals surface area contributed by atoms with Gasteiger partial charge in [0.2, 0.25) is 11.7 Å². The first-order valence-corrected chi connectivity index (χ1v) is 11.9. The van der Waals surface area contributed by atoms with Gasteiger partial charge in [0.1, 0.15) is 17.7 Å². The van der Waals surface area contributed by atoms with Gasteiger partial charge in [0, 0.05) is 24.2 Å². The smallest absolute Gasteiger partial charge is 0.352 e. The van der Waals surface area contributed by atoms with Crippen molar-refractivity contribution in [3.63, 3.8) is 0 Å². The molecule has 0 radical (unpaired) electrons. The fourth-order valence-electron chi connectivity index (χ4n) is 3.75. The van der Waals surface area contributed by atoms with E-state index in [2.05, 4.69) is 20.9 Å². The lowest BCUT2D eigenvalue weighted by Gasteiger charge is -2.29. The van der Waals surface area contributed by atoms with E-state index in [1.54, 1.807) is 19.0 Å². The second-order valence-electron chi connectivity index (χ2n) is 8.79. The second-order valence-corrected chi connectivity index (χ2v) is 9.23. The molecule has 15 heteroatoms. The Morgan fingerprint density at radius 1 is 1.10 bits per heavy atom. The number of likely N-dealkylation sites (N-methyl/N-ethyl adjacent to an activating group) is 1.